The lowest BCUT2D eigenvalue weighted by molar-refractivity contribution is 0.102. The van der Waals surface area contributed by atoms with Crippen LogP contribution in [0.5, 0.6) is 5.75 Å². The largest absolute Gasteiger partial charge is 0.495 e. The second-order valence-corrected chi connectivity index (χ2v) is 8.08. The van der Waals surface area contributed by atoms with Gasteiger partial charge in [0.05, 0.1) is 30.7 Å². The van der Waals surface area contributed by atoms with Gasteiger partial charge in [-0.05, 0) is 49.6 Å². The summed E-state index contributed by atoms with van der Waals surface area (Å²) in [6.07, 6.45) is 4.23. The third-order valence-corrected chi connectivity index (χ3v) is 6.22. The van der Waals surface area contributed by atoms with E-state index < -0.39 is 0 Å². The minimum absolute atomic E-state index is 0.0761. The second kappa shape index (κ2) is 8.47. The van der Waals surface area contributed by atoms with Crippen LogP contribution in [-0.2, 0) is 19.4 Å². The molecule has 29 heavy (non-hydrogen) atoms. The summed E-state index contributed by atoms with van der Waals surface area (Å²) in [5.74, 6) is 1.35. The molecule has 8 heteroatoms. The topological polar surface area (TPSA) is 74.3 Å². The van der Waals surface area contributed by atoms with Gasteiger partial charge in [-0.2, -0.15) is 4.98 Å². The van der Waals surface area contributed by atoms with Crippen molar-refractivity contribution < 1.29 is 13.9 Å². The van der Waals surface area contributed by atoms with Gasteiger partial charge in [-0.1, -0.05) is 23.4 Å². The normalized spacial score (nSPS) is 12.8. The van der Waals surface area contributed by atoms with Crippen molar-refractivity contribution in [2.24, 2.45) is 0 Å². The zero-order chi connectivity index (χ0) is 20.4. The number of hydrogen-bond donors (Lipinski definition) is 0. The number of carbonyl (C=O) groups is 1. The van der Waals surface area contributed by atoms with Crippen LogP contribution in [0.1, 0.15) is 33.8 Å². The molecule has 1 aliphatic carbocycles. The number of ketones is 1. The van der Waals surface area contributed by atoms with Crippen molar-refractivity contribution in [3.8, 4) is 5.75 Å². The number of carbonyl (C=O) groups excluding carboxylic acids is 1. The molecular weight excluding hydrogens is 412 g/mol. The van der Waals surface area contributed by atoms with Gasteiger partial charge in [-0.25, -0.2) is 4.79 Å². The SMILES string of the molecule is COc1ccc(C(=O)CSc2nc(=O)n(Cc3ccco3)c3c2CCC3)cc1Cl. The van der Waals surface area contributed by atoms with Crippen LogP contribution in [0.3, 0.4) is 0 Å². The summed E-state index contributed by atoms with van der Waals surface area (Å²) in [7, 11) is 1.53. The number of benzene rings is 1. The van der Waals surface area contributed by atoms with Crippen LogP contribution >= 0.6 is 23.4 Å². The van der Waals surface area contributed by atoms with Gasteiger partial charge in [0.2, 0.25) is 0 Å². The zero-order valence-electron chi connectivity index (χ0n) is 15.8. The van der Waals surface area contributed by atoms with Gasteiger partial charge in [-0.3, -0.25) is 9.36 Å². The lowest BCUT2D eigenvalue weighted by atomic mass is 10.1. The second-order valence-electron chi connectivity index (χ2n) is 6.71. The Balaban J connectivity index is 1.54. The van der Waals surface area contributed by atoms with E-state index in [9.17, 15) is 9.59 Å². The summed E-state index contributed by atoms with van der Waals surface area (Å²) in [6.45, 7) is 0.370. The quantitative estimate of drug-likeness (QED) is 0.320. The Morgan fingerprint density at radius 3 is 2.93 bits per heavy atom. The molecule has 150 valence electrons. The highest BCUT2D eigenvalue weighted by molar-refractivity contribution is 8.00. The molecule has 1 aromatic carbocycles. The number of furan rings is 1. The lowest BCUT2D eigenvalue weighted by Gasteiger charge is -2.13. The molecule has 0 saturated heterocycles. The van der Waals surface area contributed by atoms with E-state index in [0.29, 0.717) is 27.9 Å². The highest BCUT2D eigenvalue weighted by Gasteiger charge is 2.23. The van der Waals surface area contributed by atoms with Gasteiger partial charge in [0.25, 0.3) is 0 Å². The van der Waals surface area contributed by atoms with Crippen molar-refractivity contribution in [1.29, 1.82) is 0 Å². The smallest absolute Gasteiger partial charge is 0.349 e. The zero-order valence-corrected chi connectivity index (χ0v) is 17.4. The molecule has 0 atom stereocenters. The van der Waals surface area contributed by atoms with Crippen LogP contribution in [0.2, 0.25) is 5.02 Å². The van der Waals surface area contributed by atoms with E-state index in [2.05, 4.69) is 4.98 Å². The summed E-state index contributed by atoms with van der Waals surface area (Å²) in [5.41, 5.74) is 2.24. The predicted octanol–water partition coefficient (Wildman–Crippen LogP) is 4.01. The van der Waals surface area contributed by atoms with Crippen molar-refractivity contribution in [1.82, 2.24) is 9.55 Å². The van der Waals surface area contributed by atoms with Crippen molar-refractivity contribution >= 4 is 29.1 Å². The third-order valence-electron chi connectivity index (χ3n) is 4.91. The molecule has 0 saturated carbocycles. The molecule has 0 aliphatic heterocycles. The molecule has 0 bridgehead atoms. The van der Waals surface area contributed by atoms with Crippen molar-refractivity contribution in [2.75, 3.05) is 12.9 Å². The maximum atomic E-state index is 12.6. The molecule has 2 aromatic heterocycles. The third kappa shape index (κ3) is 4.11. The van der Waals surface area contributed by atoms with E-state index >= 15 is 0 Å². The fraction of sp³-hybridized carbons (Fsp3) is 0.286. The first kappa shape index (κ1) is 19.8. The monoisotopic (exact) mass is 430 g/mol. The molecule has 0 N–H and O–H groups in total. The highest BCUT2D eigenvalue weighted by atomic mass is 35.5. The Bertz CT molecular complexity index is 1110. The lowest BCUT2D eigenvalue weighted by Crippen LogP contribution is -2.27. The molecule has 0 amide bonds. The Labute approximate surface area is 176 Å². The molecule has 4 rings (SSSR count). The first-order chi connectivity index (χ1) is 14.1. The fourth-order valence-electron chi connectivity index (χ4n) is 3.48. The van der Waals surface area contributed by atoms with Crippen LogP contribution in [0.25, 0.3) is 0 Å². The molecule has 2 heterocycles. The Kier molecular flexibility index (Phi) is 5.78. The van der Waals surface area contributed by atoms with Gasteiger partial charge in [-0.15, -0.1) is 0 Å². The van der Waals surface area contributed by atoms with Gasteiger partial charge in [0.15, 0.2) is 5.78 Å². The molecule has 1 aliphatic rings. The van der Waals surface area contributed by atoms with Crippen LogP contribution in [0, 0.1) is 0 Å². The van der Waals surface area contributed by atoms with E-state index in [0.717, 1.165) is 36.3 Å². The summed E-state index contributed by atoms with van der Waals surface area (Å²) < 4.78 is 12.2. The Hall–Kier alpha value is -2.51. The molecule has 0 radical (unpaired) electrons. The van der Waals surface area contributed by atoms with E-state index in [-0.39, 0.29) is 17.2 Å². The van der Waals surface area contributed by atoms with Crippen molar-refractivity contribution in [3.63, 3.8) is 0 Å². The van der Waals surface area contributed by atoms with Gasteiger partial charge in [0.1, 0.15) is 16.5 Å². The molecule has 3 aromatic rings. The van der Waals surface area contributed by atoms with Crippen molar-refractivity contribution in [3.05, 3.63) is 74.7 Å². The number of ether oxygens (including phenoxy) is 1. The summed E-state index contributed by atoms with van der Waals surface area (Å²) in [5, 5.41) is 1.04. The van der Waals surface area contributed by atoms with Gasteiger partial charge < -0.3 is 9.15 Å². The maximum Gasteiger partial charge on any atom is 0.349 e. The van der Waals surface area contributed by atoms with E-state index in [1.165, 1.54) is 18.9 Å². The van der Waals surface area contributed by atoms with E-state index in [1.807, 2.05) is 6.07 Å². The number of halogens is 1. The average molecular weight is 431 g/mol. The number of methoxy groups -OCH3 is 1. The number of Topliss-reactive ketones (excluding diaryl/α,β-unsaturated/α-hetero) is 1. The van der Waals surface area contributed by atoms with Crippen LogP contribution < -0.4 is 10.4 Å². The predicted molar refractivity (Wildman–Crippen MR) is 111 cm³/mol. The number of nitrogens with zero attached hydrogens (tertiary/aromatic N) is 2. The first-order valence-corrected chi connectivity index (χ1v) is 10.6. The maximum absolute atomic E-state index is 12.6. The van der Waals surface area contributed by atoms with Crippen LogP contribution in [0.15, 0.2) is 50.8 Å². The highest BCUT2D eigenvalue weighted by Crippen LogP contribution is 2.31. The van der Waals surface area contributed by atoms with Crippen LogP contribution in [-0.4, -0.2) is 28.2 Å². The van der Waals surface area contributed by atoms with E-state index in [1.54, 1.807) is 35.1 Å². The Morgan fingerprint density at radius 1 is 1.34 bits per heavy atom. The first-order valence-electron chi connectivity index (χ1n) is 9.21. The molecule has 0 unspecified atom stereocenters. The van der Waals surface area contributed by atoms with Gasteiger partial charge in [0, 0.05) is 16.8 Å². The van der Waals surface area contributed by atoms with Crippen LogP contribution in [0.4, 0.5) is 0 Å². The fourth-order valence-corrected chi connectivity index (χ4v) is 4.71. The average Bonchev–Trinajstić information content (AvgIpc) is 3.40. The number of fused-ring (bicyclic) bond motifs is 1. The van der Waals surface area contributed by atoms with Crippen molar-refractivity contribution in [2.45, 2.75) is 30.8 Å². The van der Waals surface area contributed by atoms with Gasteiger partial charge >= 0.3 is 5.69 Å². The summed E-state index contributed by atoms with van der Waals surface area (Å²) >= 11 is 7.42. The molecule has 0 fully saturated rings. The van der Waals surface area contributed by atoms with E-state index in [4.69, 9.17) is 20.8 Å². The minimum Gasteiger partial charge on any atom is -0.495 e. The number of aromatic nitrogens is 2. The molecule has 0 spiro atoms. The standard InChI is InChI=1S/C21H19ClN2O4S/c1-27-19-8-7-13(10-16(19)22)18(25)12-29-20-15-5-2-6-17(15)24(21(26)23-20)11-14-4-3-9-28-14/h3-4,7-10H,2,5-6,11-12H2,1H3. The number of rotatable bonds is 7. The molecular formula is C21H19ClN2O4S. The molecule has 6 nitrogen and oxygen atoms in total. The number of hydrogen-bond acceptors (Lipinski definition) is 6. The summed E-state index contributed by atoms with van der Waals surface area (Å²) in [4.78, 5) is 29.5. The number of thioether (sulfide) groups is 1. The summed E-state index contributed by atoms with van der Waals surface area (Å²) in [6, 6.07) is 8.60. The Morgan fingerprint density at radius 2 is 2.21 bits per heavy atom. The minimum atomic E-state index is -0.315.